The fraction of sp³-hybridized carbons (Fsp3) is 0.385. The normalized spacial score (nSPS) is 14.1. The summed E-state index contributed by atoms with van der Waals surface area (Å²) >= 11 is 0. The van der Waals surface area contributed by atoms with Crippen molar-refractivity contribution in [1.29, 1.82) is 0 Å². The summed E-state index contributed by atoms with van der Waals surface area (Å²) in [5, 5.41) is 9.40. The van der Waals surface area contributed by atoms with E-state index in [4.69, 9.17) is 0 Å². The van der Waals surface area contributed by atoms with Gasteiger partial charge in [0.2, 0.25) is 6.41 Å². The summed E-state index contributed by atoms with van der Waals surface area (Å²) in [7, 11) is 0. The largest absolute Gasteiger partial charge is 0.479 e. The summed E-state index contributed by atoms with van der Waals surface area (Å²) in [6.45, 7) is 4.79. The van der Waals surface area contributed by atoms with Gasteiger partial charge in [0.05, 0.1) is 0 Å². The highest BCUT2D eigenvalue weighted by atomic mass is 19.1. The third-order valence-corrected chi connectivity index (χ3v) is 2.99. The molecule has 18 heavy (non-hydrogen) atoms. The van der Waals surface area contributed by atoms with Crippen molar-refractivity contribution >= 4 is 12.4 Å². The minimum Gasteiger partial charge on any atom is -0.479 e. The highest BCUT2D eigenvalue weighted by Crippen LogP contribution is 2.29. The van der Waals surface area contributed by atoms with Gasteiger partial charge < -0.3 is 10.0 Å². The molecule has 0 aromatic heterocycles. The van der Waals surface area contributed by atoms with Gasteiger partial charge in [-0.15, -0.1) is 0 Å². The van der Waals surface area contributed by atoms with Crippen molar-refractivity contribution in [2.45, 2.75) is 32.4 Å². The molecule has 0 bridgehead atoms. The van der Waals surface area contributed by atoms with E-state index in [9.17, 15) is 19.1 Å². The molecule has 5 heteroatoms. The fourth-order valence-corrected chi connectivity index (χ4v) is 1.92. The lowest BCUT2D eigenvalue weighted by Gasteiger charge is -2.38. The number of amides is 1. The molecule has 1 rings (SSSR count). The van der Waals surface area contributed by atoms with E-state index in [0.29, 0.717) is 6.41 Å². The number of hydrogen-bond donors (Lipinski definition) is 1. The Bertz CT molecular complexity index is 461. The Morgan fingerprint density at radius 3 is 2.50 bits per heavy atom. The molecule has 0 fully saturated rings. The molecule has 0 saturated heterocycles. The zero-order valence-electron chi connectivity index (χ0n) is 10.6. The predicted octanol–water partition coefficient (Wildman–Crippen LogP) is 1.99. The third kappa shape index (κ3) is 2.34. The van der Waals surface area contributed by atoms with Crippen molar-refractivity contribution in [2.24, 2.45) is 0 Å². The van der Waals surface area contributed by atoms with E-state index in [1.807, 2.05) is 0 Å². The predicted molar refractivity (Wildman–Crippen MR) is 64.4 cm³/mol. The number of halogens is 1. The second-order valence-electron chi connectivity index (χ2n) is 4.49. The first kappa shape index (κ1) is 14.2. The highest BCUT2D eigenvalue weighted by molar-refractivity contribution is 5.83. The average molecular weight is 253 g/mol. The lowest BCUT2D eigenvalue weighted by Crippen LogP contribution is -2.52. The SMILES string of the molecule is CC(C)N(C=O)C(C)(C(=O)O)c1cccc(F)c1. The monoisotopic (exact) mass is 253 g/mol. The molecule has 1 aromatic rings. The molecule has 1 atom stereocenters. The quantitative estimate of drug-likeness (QED) is 0.816. The zero-order valence-corrected chi connectivity index (χ0v) is 10.6. The van der Waals surface area contributed by atoms with Gasteiger partial charge in [0, 0.05) is 6.04 Å². The molecule has 0 radical (unpaired) electrons. The first-order valence-corrected chi connectivity index (χ1v) is 5.57. The number of benzene rings is 1. The van der Waals surface area contributed by atoms with Crippen molar-refractivity contribution < 1.29 is 19.1 Å². The van der Waals surface area contributed by atoms with Crippen LogP contribution in [-0.2, 0) is 15.1 Å². The van der Waals surface area contributed by atoms with Crippen LogP contribution in [0.25, 0.3) is 0 Å². The van der Waals surface area contributed by atoms with Crippen molar-refractivity contribution in [1.82, 2.24) is 4.90 Å². The van der Waals surface area contributed by atoms with Gasteiger partial charge in [-0.05, 0) is 38.5 Å². The van der Waals surface area contributed by atoms with Crippen molar-refractivity contribution in [3.8, 4) is 0 Å². The third-order valence-electron chi connectivity index (χ3n) is 2.99. The number of carbonyl (C=O) groups excluding carboxylic acids is 1. The van der Waals surface area contributed by atoms with Gasteiger partial charge in [0.1, 0.15) is 5.82 Å². The summed E-state index contributed by atoms with van der Waals surface area (Å²) in [4.78, 5) is 23.8. The Morgan fingerprint density at radius 2 is 2.11 bits per heavy atom. The number of carboxylic acid groups (broad SMARTS) is 1. The molecule has 98 valence electrons. The molecule has 0 saturated carbocycles. The van der Waals surface area contributed by atoms with Gasteiger partial charge in [-0.2, -0.15) is 0 Å². The van der Waals surface area contributed by atoms with E-state index in [1.54, 1.807) is 13.8 Å². The van der Waals surface area contributed by atoms with Crippen LogP contribution in [0.2, 0.25) is 0 Å². The van der Waals surface area contributed by atoms with Gasteiger partial charge >= 0.3 is 5.97 Å². The van der Waals surface area contributed by atoms with Crippen LogP contribution >= 0.6 is 0 Å². The molecule has 0 aliphatic carbocycles. The van der Waals surface area contributed by atoms with Gasteiger partial charge in [-0.1, -0.05) is 12.1 Å². The van der Waals surface area contributed by atoms with Gasteiger partial charge in [-0.25, -0.2) is 9.18 Å². The van der Waals surface area contributed by atoms with Crippen molar-refractivity contribution in [2.75, 3.05) is 0 Å². The van der Waals surface area contributed by atoms with E-state index >= 15 is 0 Å². The van der Waals surface area contributed by atoms with Crippen LogP contribution in [0, 0.1) is 5.82 Å². The van der Waals surface area contributed by atoms with E-state index in [-0.39, 0.29) is 11.6 Å². The van der Waals surface area contributed by atoms with Crippen molar-refractivity contribution in [3.63, 3.8) is 0 Å². The van der Waals surface area contributed by atoms with Crippen molar-refractivity contribution in [3.05, 3.63) is 35.6 Å². The average Bonchev–Trinajstić information content (AvgIpc) is 2.28. The van der Waals surface area contributed by atoms with Gasteiger partial charge in [0.25, 0.3) is 0 Å². The van der Waals surface area contributed by atoms with Crippen LogP contribution in [0.15, 0.2) is 24.3 Å². The fourth-order valence-electron chi connectivity index (χ4n) is 1.92. The minimum atomic E-state index is -1.59. The molecule has 1 unspecified atom stereocenters. The molecule has 0 aliphatic heterocycles. The number of hydrogen-bond acceptors (Lipinski definition) is 2. The van der Waals surface area contributed by atoms with Crippen LogP contribution in [0.4, 0.5) is 4.39 Å². The molecule has 0 heterocycles. The molecule has 1 N–H and O–H groups in total. The maximum absolute atomic E-state index is 13.2. The van der Waals surface area contributed by atoms with Crippen LogP contribution < -0.4 is 0 Å². The number of nitrogens with zero attached hydrogens (tertiary/aromatic N) is 1. The molecule has 4 nitrogen and oxygen atoms in total. The van der Waals surface area contributed by atoms with Crippen LogP contribution in [0.5, 0.6) is 0 Å². The standard InChI is InChI=1S/C13H16FNO3/c1-9(2)15(8-16)13(3,12(17)18)10-5-4-6-11(14)7-10/h4-9H,1-3H3,(H,17,18). The molecule has 1 aromatic carbocycles. The Balaban J connectivity index is 3.40. The van der Waals surface area contributed by atoms with E-state index < -0.39 is 17.3 Å². The Kier molecular flexibility index (Phi) is 4.06. The lowest BCUT2D eigenvalue weighted by molar-refractivity contribution is -0.156. The minimum absolute atomic E-state index is 0.232. The van der Waals surface area contributed by atoms with Crippen LogP contribution in [-0.4, -0.2) is 28.4 Å². The maximum atomic E-state index is 13.2. The maximum Gasteiger partial charge on any atom is 0.334 e. The topological polar surface area (TPSA) is 57.6 Å². The Labute approximate surface area is 105 Å². The Morgan fingerprint density at radius 1 is 1.50 bits per heavy atom. The number of rotatable bonds is 5. The number of carbonyl (C=O) groups is 2. The summed E-state index contributed by atoms with van der Waals surface area (Å²) < 4.78 is 13.2. The molecule has 1 amide bonds. The van der Waals surface area contributed by atoms with E-state index in [1.165, 1.54) is 25.1 Å². The van der Waals surface area contributed by atoms with E-state index in [0.717, 1.165) is 11.0 Å². The van der Waals surface area contributed by atoms with E-state index in [2.05, 4.69) is 0 Å². The van der Waals surface area contributed by atoms with Gasteiger partial charge in [0.15, 0.2) is 5.54 Å². The molecular weight excluding hydrogens is 237 g/mol. The smallest absolute Gasteiger partial charge is 0.334 e. The first-order chi connectivity index (χ1) is 8.33. The Hall–Kier alpha value is -1.91. The zero-order chi connectivity index (χ0) is 13.9. The summed E-state index contributed by atoms with van der Waals surface area (Å²) in [6, 6.07) is 4.97. The first-order valence-electron chi connectivity index (χ1n) is 5.57. The summed E-state index contributed by atoms with van der Waals surface area (Å²) in [5.74, 6) is -1.73. The highest BCUT2D eigenvalue weighted by Gasteiger charge is 2.42. The van der Waals surface area contributed by atoms with Gasteiger partial charge in [-0.3, -0.25) is 4.79 Å². The molecular formula is C13H16FNO3. The van der Waals surface area contributed by atoms with Crippen LogP contribution in [0.3, 0.4) is 0 Å². The molecule has 0 spiro atoms. The molecule has 0 aliphatic rings. The lowest BCUT2D eigenvalue weighted by atomic mass is 9.89. The van der Waals surface area contributed by atoms with Crippen LogP contribution in [0.1, 0.15) is 26.3 Å². The summed E-state index contributed by atoms with van der Waals surface area (Å²) in [6.07, 6.45) is 0.476. The summed E-state index contributed by atoms with van der Waals surface area (Å²) in [5.41, 5.74) is -1.35. The second kappa shape index (κ2) is 5.16. The number of aliphatic carboxylic acids is 1. The number of carboxylic acids is 1. The second-order valence-corrected chi connectivity index (χ2v) is 4.49.